The topological polar surface area (TPSA) is 27.7 Å². The Kier molecular flexibility index (Phi) is 7.51. The maximum absolute atomic E-state index is 6.64. The van der Waals surface area contributed by atoms with Crippen molar-refractivity contribution in [3.05, 3.63) is 60.2 Å². The van der Waals surface area contributed by atoms with Gasteiger partial charge in [-0.05, 0) is 39.3 Å². The molecule has 3 rings (SSSR count). The van der Waals surface area contributed by atoms with Crippen molar-refractivity contribution in [1.29, 1.82) is 0 Å². The summed E-state index contributed by atoms with van der Waals surface area (Å²) in [5.41, 5.74) is 1.56. The van der Waals surface area contributed by atoms with Crippen molar-refractivity contribution in [2.75, 3.05) is 0 Å². The van der Waals surface area contributed by atoms with E-state index in [0.29, 0.717) is 6.61 Å². The normalized spacial score (nSPS) is 19.0. The smallest absolute Gasteiger partial charge is 0.558 e. The molecule has 1 aliphatic heterocycles. The monoisotopic (exact) mass is 374 g/mol. The average molecular weight is 374 g/mol. The van der Waals surface area contributed by atoms with Crippen LogP contribution in [0.4, 0.5) is 0 Å². The van der Waals surface area contributed by atoms with E-state index in [1.54, 1.807) is 0 Å². The van der Waals surface area contributed by atoms with Crippen LogP contribution < -0.4 is 29.1 Å². The van der Waals surface area contributed by atoms with Gasteiger partial charge >= 0.3 is 18.9 Å². The van der Waals surface area contributed by atoms with Crippen LogP contribution in [0, 0.1) is 0 Å². The number of hydrogen-bond acceptors (Lipinski definition) is 3. The molecule has 28 heavy (non-hydrogen) atoms. The molecule has 146 valence electrons. The molecule has 1 heterocycles. The Morgan fingerprint density at radius 1 is 0.893 bits per heavy atom. The molecule has 0 saturated carbocycles. The molecule has 1 aliphatic rings. The summed E-state index contributed by atoms with van der Waals surface area (Å²) in [4.78, 5) is 0. The summed E-state index contributed by atoms with van der Waals surface area (Å²) in [6.07, 6.45) is 3.08. The van der Waals surface area contributed by atoms with Gasteiger partial charge in [-0.2, -0.15) is 0 Å². The van der Waals surface area contributed by atoms with Gasteiger partial charge in [0.1, 0.15) is 12.4 Å². The Bertz CT molecular complexity index is 745. The fourth-order valence-electron chi connectivity index (χ4n) is 3.77. The SMILES string of the molecule is CCCC[B-]1(c2cccc(OCc3ccccc3)c2)OC(C)(C)C(C)(C)O1.[Li+]. The molecule has 0 amide bonds. The summed E-state index contributed by atoms with van der Waals surface area (Å²) in [5.74, 6) is 0.851. The first-order valence-corrected chi connectivity index (χ1v) is 10.1. The molecular weight excluding hydrogens is 342 g/mol. The maximum atomic E-state index is 6.64. The van der Waals surface area contributed by atoms with Crippen LogP contribution in [0.15, 0.2) is 54.6 Å². The average Bonchev–Trinajstić information content (AvgIpc) is 2.84. The largest absolute Gasteiger partial charge is 1.00 e. The Morgan fingerprint density at radius 3 is 2.14 bits per heavy atom. The Hall–Kier alpha value is -1.18. The van der Waals surface area contributed by atoms with Crippen molar-refractivity contribution in [1.82, 2.24) is 0 Å². The molecule has 0 aliphatic carbocycles. The molecule has 2 aromatic carbocycles. The minimum Gasteiger partial charge on any atom is -0.558 e. The zero-order valence-electron chi connectivity index (χ0n) is 18.3. The first kappa shape index (κ1) is 23.1. The standard InChI is InChI=1S/C23H32BO3.Li/c1-6-7-16-24(26-22(2,3)23(4,5)27-24)20-14-11-15-21(17-20)25-18-19-12-9-8-10-13-19;/h8-15,17H,6-7,16,18H2,1-5H3;/q-1;+1. The molecule has 5 heteroatoms. The van der Waals surface area contributed by atoms with E-state index in [0.717, 1.165) is 35.9 Å². The molecule has 2 aromatic rings. The molecule has 0 bridgehead atoms. The number of rotatable bonds is 7. The second-order valence-electron chi connectivity index (χ2n) is 8.61. The van der Waals surface area contributed by atoms with Crippen molar-refractivity contribution in [3.63, 3.8) is 0 Å². The van der Waals surface area contributed by atoms with E-state index in [1.165, 1.54) is 0 Å². The van der Waals surface area contributed by atoms with Crippen molar-refractivity contribution >= 4 is 12.0 Å². The summed E-state index contributed by atoms with van der Waals surface area (Å²) in [5, 5.41) is 0. The van der Waals surface area contributed by atoms with Crippen molar-refractivity contribution in [2.45, 2.75) is 71.6 Å². The van der Waals surface area contributed by atoms with Crippen LogP contribution in [0.2, 0.25) is 6.32 Å². The van der Waals surface area contributed by atoms with E-state index in [2.05, 4.69) is 58.9 Å². The summed E-state index contributed by atoms with van der Waals surface area (Å²) < 4.78 is 19.3. The molecule has 0 N–H and O–H groups in total. The summed E-state index contributed by atoms with van der Waals surface area (Å²) in [7, 11) is 0. The second-order valence-corrected chi connectivity index (χ2v) is 8.61. The van der Waals surface area contributed by atoms with E-state index < -0.39 is 6.55 Å². The number of ether oxygens (including phenoxy) is 1. The molecular formula is C23H32BLiO3. The van der Waals surface area contributed by atoms with Gasteiger partial charge in [-0.15, -0.1) is 11.8 Å². The number of benzene rings is 2. The van der Waals surface area contributed by atoms with E-state index >= 15 is 0 Å². The van der Waals surface area contributed by atoms with Crippen molar-refractivity contribution in [3.8, 4) is 5.75 Å². The van der Waals surface area contributed by atoms with Crippen molar-refractivity contribution < 1.29 is 32.9 Å². The van der Waals surface area contributed by atoms with E-state index in [-0.39, 0.29) is 30.1 Å². The quantitative estimate of drug-likeness (QED) is 0.697. The third-order valence-corrected chi connectivity index (χ3v) is 5.97. The van der Waals surface area contributed by atoms with Gasteiger partial charge in [0, 0.05) is 11.2 Å². The molecule has 0 radical (unpaired) electrons. The predicted molar refractivity (Wildman–Crippen MR) is 113 cm³/mol. The first-order chi connectivity index (χ1) is 12.8. The summed E-state index contributed by atoms with van der Waals surface area (Å²) in [6.45, 7) is 9.72. The van der Waals surface area contributed by atoms with Crippen LogP contribution in [0.3, 0.4) is 0 Å². The van der Waals surface area contributed by atoms with Gasteiger partial charge in [0.15, 0.2) is 0 Å². The molecule has 1 saturated heterocycles. The Balaban J connectivity index is 0.00000280. The molecule has 1 fully saturated rings. The van der Waals surface area contributed by atoms with Gasteiger partial charge in [0.05, 0.1) is 0 Å². The predicted octanol–water partition coefficient (Wildman–Crippen LogP) is 2.32. The third-order valence-electron chi connectivity index (χ3n) is 5.97. The molecule has 0 spiro atoms. The minimum atomic E-state index is -1.53. The fraction of sp³-hybridized carbons (Fsp3) is 0.478. The van der Waals surface area contributed by atoms with Crippen LogP contribution in [0.1, 0.15) is 53.0 Å². The van der Waals surface area contributed by atoms with Crippen LogP contribution in [-0.4, -0.2) is 17.8 Å². The van der Waals surface area contributed by atoms with E-state index in [9.17, 15) is 0 Å². The third kappa shape index (κ3) is 4.86. The van der Waals surface area contributed by atoms with Gasteiger partial charge in [-0.1, -0.05) is 68.3 Å². The van der Waals surface area contributed by atoms with E-state index in [4.69, 9.17) is 14.0 Å². The van der Waals surface area contributed by atoms with Crippen LogP contribution in [0.25, 0.3) is 0 Å². The van der Waals surface area contributed by atoms with Gasteiger partial charge in [0.2, 0.25) is 0 Å². The molecule has 3 nitrogen and oxygen atoms in total. The maximum Gasteiger partial charge on any atom is 1.00 e. The van der Waals surface area contributed by atoms with E-state index in [1.807, 2.05) is 30.3 Å². The fourth-order valence-corrected chi connectivity index (χ4v) is 3.77. The molecule has 0 unspecified atom stereocenters. The number of unbranched alkanes of at least 4 members (excludes halogenated alkanes) is 1. The zero-order chi connectivity index (χ0) is 19.5. The van der Waals surface area contributed by atoms with Crippen LogP contribution >= 0.6 is 0 Å². The van der Waals surface area contributed by atoms with Crippen molar-refractivity contribution in [2.24, 2.45) is 0 Å². The second kappa shape index (κ2) is 9.10. The molecule has 0 atom stereocenters. The zero-order valence-corrected chi connectivity index (χ0v) is 18.3. The number of hydrogen-bond donors (Lipinski definition) is 0. The minimum absolute atomic E-state index is 0. The summed E-state index contributed by atoms with van der Waals surface area (Å²) in [6, 6.07) is 18.5. The van der Waals surface area contributed by atoms with Gasteiger partial charge < -0.3 is 14.0 Å². The molecule has 0 aromatic heterocycles. The summed E-state index contributed by atoms with van der Waals surface area (Å²) >= 11 is 0. The van der Waals surface area contributed by atoms with Gasteiger partial charge in [-0.3, -0.25) is 0 Å². The Morgan fingerprint density at radius 2 is 1.54 bits per heavy atom. The Labute approximate surface area is 182 Å². The van der Waals surface area contributed by atoms with Crippen LogP contribution in [0.5, 0.6) is 5.75 Å². The van der Waals surface area contributed by atoms with Crippen LogP contribution in [-0.2, 0) is 15.9 Å². The van der Waals surface area contributed by atoms with Gasteiger partial charge in [-0.25, -0.2) is 0 Å². The van der Waals surface area contributed by atoms with Gasteiger partial charge in [0.25, 0.3) is 6.55 Å². The first-order valence-electron chi connectivity index (χ1n) is 10.1.